The Balaban J connectivity index is 1.56. The molecule has 0 saturated heterocycles. The molecule has 2 rings (SSSR count). The summed E-state index contributed by atoms with van der Waals surface area (Å²) >= 11 is 1.24. The SMILES string of the molecule is CC(=O)c1ccc(OCCCC(=O)OCC(=O)NNC(=O)c2cccs2)cc1. The quantitative estimate of drug-likeness (QED) is 0.287. The fourth-order valence-corrected chi connectivity index (χ4v) is 2.66. The third kappa shape index (κ3) is 7.20. The molecule has 2 aromatic rings. The number of ketones is 1. The Kier molecular flexibility index (Phi) is 8.16. The molecule has 0 bridgehead atoms. The number of hydrogen-bond acceptors (Lipinski definition) is 7. The summed E-state index contributed by atoms with van der Waals surface area (Å²) in [6.45, 7) is 1.29. The predicted octanol–water partition coefficient (Wildman–Crippen LogP) is 2.11. The van der Waals surface area contributed by atoms with Crippen molar-refractivity contribution in [2.24, 2.45) is 0 Å². The Morgan fingerprint density at radius 3 is 2.43 bits per heavy atom. The number of hydrazine groups is 1. The third-order valence-electron chi connectivity index (χ3n) is 3.48. The molecular weight excluding hydrogens is 384 g/mol. The van der Waals surface area contributed by atoms with Crippen molar-refractivity contribution in [1.29, 1.82) is 0 Å². The van der Waals surface area contributed by atoms with Crippen molar-refractivity contribution in [2.75, 3.05) is 13.2 Å². The fraction of sp³-hybridized carbons (Fsp3) is 0.263. The standard InChI is InChI=1S/C19H20N2O6S/c1-13(22)14-6-8-15(9-7-14)26-10-2-5-18(24)27-12-17(23)20-21-19(25)16-4-3-11-28-16/h3-4,6-9,11H,2,5,10,12H2,1H3,(H,20,23)(H,21,25). The topological polar surface area (TPSA) is 111 Å². The van der Waals surface area contributed by atoms with Crippen molar-refractivity contribution >= 4 is 34.9 Å². The maximum Gasteiger partial charge on any atom is 0.306 e. The van der Waals surface area contributed by atoms with Gasteiger partial charge in [0.1, 0.15) is 5.75 Å². The van der Waals surface area contributed by atoms with Gasteiger partial charge in [0.25, 0.3) is 11.8 Å². The van der Waals surface area contributed by atoms with Crippen molar-refractivity contribution in [2.45, 2.75) is 19.8 Å². The lowest BCUT2D eigenvalue weighted by molar-refractivity contribution is -0.148. The molecule has 8 nitrogen and oxygen atoms in total. The normalized spacial score (nSPS) is 10.0. The van der Waals surface area contributed by atoms with Gasteiger partial charge in [0, 0.05) is 12.0 Å². The number of nitrogens with one attached hydrogen (secondary N) is 2. The molecule has 2 amide bonds. The number of thiophene rings is 1. The van der Waals surface area contributed by atoms with Gasteiger partial charge < -0.3 is 9.47 Å². The summed E-state index contributed by atoms with van der Waals surface area (Å²) < 4.78 is 10.3. The zero-order chi connectivity index (χ0) is 20.4. The summed E-state index contributed by atoms with van der Waals surface area (Å²) in [5.41, 5.74) is 5.00. The molecular formula is C19H20N2O6S. The third-order valence-corrected chi connectivity index (χ3v) is 4.35. The first kappa shape index (κ1) is 21.1. The molecule has 0 atom stereocenters. The number of amides is 2. The van der Waals surface area contributed by atoms with E-state index in [-0.39, 0.29) is 18.8 Å². The minimum atomic E-state index is -0.639. The summed E-state index contributed by atoms with van der Waals surface area (Å²) in [5, 5.41) is 1.74. The molecule has 1 aromatic carbocycles. The molecule has 2 N–H and O–H groups in total. The smallest absolute Gasteiger partial charge is 0.306 e. The zero-order valence-corrected chi connectivity index (χ0v) is 16.0. The van der Waals surface area contributed by atoms with Gasteiger partial charge in [-0.15, -0.1) is 11.3 Å². The minimum Gasteiger partial charge on any atom is -0.494 e. The lowest BCUT2D eigenvalue weighted by atomic mass is 10.1. The largest absolute Gasteiger partial charge is 0.494 e. The maximum atomic E-state index is 11.6. The van der Waals surface area contributed by atoms with Gasteiger partial charge in [0.15, 0.2) is 12.4 Å². The van der Waals surface area contributed by atoms with Crippen LogP contribution in [-0.4, -0.2) is 36.8 Å². The van der Waals surface area contributed by atoms with E-state index in [9.17, 15) is 19.2 Å². The molecule has 28 heavy (non-hydrogen) atoms. The van der Waals surface area contributed by atoms with Crippen LogP contribution < -0.4 is 15.6 Å². The van der Waals surface area contributed by atoms with Crippen molar-refractivity contribution in [3.63, 3.8) is 0 Å². The number of carbonyl (C=O) groups is 4. The van der Waals surface area contributed by atoms with Crippen LogP contribution in [0.2, 0.25) is 0 Å². The zero-order valence-electron chi connectivity index (χ0n) is 15.2. The first-order valence-electron chi connectivity index (χ1n) is 8.48. The van der Waals surface area contributed by atoms with Gasteiger partial charge >= 0.3 is 5.97 Å². The van der Waals surface area contributed by atoms with Gasteiger partial charge in [-0.25, -0.2) is 0 Å². The molecule has 0 radical (unpaired) electrons. The monoisotopic (exact) mass is 404 g/mol. The second kappa shape index (κ2) is 10.8. The van der Waals surface area contributed by atoms with Crippen LogP contribution in [0.1, 0.15) is 39.8 Å². The van der Waals surface area contributed by atoms with Crippen LogP contribution in [0.15, 0.2) is 41.8 Å². The Morgan fingerprint density at radius 1 is 1.04 bits per heavy atom. The first-order valence-corrected chi connectivity index (χ1v) is 9.36. The van der Waals surface area contributed by atoms with E-state index in [1.807, 2.05) is 0 Å². The molecule has 0 saturated carbocycles. The average Bonchev–Trinajstić information content (AvgIpc) is 3.23. The van der Waals surface area contributed by atoms with Gasteiger partial charge in [0.05, 0.1) is 11.5 Å². The Labute approximate surface area is 165 Å². The molecule has 148 valence electrons. The Bertz CT molecular complexity index is 817. The minimum absolute atomic E-state index is 0.0237. The highest BCUT2D eigenvalue weighted by Gasteiger charge is 2.10. The second-order valence-corrected chi connectivity index (χ2v) is 6.62. The highest BCUT2D eigenvalue weighted by atomic mass is 32.1. The van der Waals surface area contributed by atoms with Gasteiger partial charge in [-0.3, -0.25) is 30.0 Å². The van der Waals surface area contributed by atoms with Crippen molar-refractivity contribution in [3.05, 3.63) is 52.2 Å². The summed E-state index contributed by atoms with van der Waals surface area (Å²) in [4.78, 5) is 46.5. The number of esters is 1. The summed E-state index contributed by atoms with van der Waals surface area (Å²) in [6.07, 6.45) is 0.490. The molecule has 1 aromatic heterocycles. The van der Waals surface area contributed by atoms with Crippen LogP contribution in [0.5, 0.6) is 5.75 Å². The van der Waals surface area contributed by atoms with Crippen molar-refractivity contribution < 1.29 is 28.7 Å². The van der Waals surface area contributed by atoms with E-state index >= 15 is 0 Å². The lowest BCUT2D eigenvalue weighted by Gasteiger charge is -2.08. The predicted molar refractivity (Wildman–Crippen MR) is 102 cm³/mol. The summed E-state index contributed by atoms with van der Waals surface area (Å²) in [6, 6.07) is 10.0. The van der Waals surface area contributed by atoms with E-state index < -0.39 is 24.4 Å². The van der Waals surface area contributed by atoms with Crippen LogP contribution >= 0.6 is 11.3 Å². The van der Waals surface area contributed by atoms with E-state index in [2.05, 4.69) is 10.9 Å². The van der Waals surface area contributed by atoms with E-state index in [4.69, 9.17) is 9.47 Å². The summed E-state index contributed by atoms with van der Waals surface area (Å²) in [7, 11) is 0. The number of rotatable bonds is 9. The number of Topliss-reactive ketones (excluding diaryl/α,β-unsaturated/α-hetero) is 1. The van der Waals surface area contributed by atoms with Gasteiger partial charge in [-0.05, 0) is 49.1 Å². The lowest BCUT2D eigenvalue weighted by Crippen LogP contribution is -2.43. The summed E-state index contributed by atoms with van der Waals surface area (Å²) in [5.74, 6) is -1.05. The van der Waals surface area contributed by atoms with Crippen molar-refractivity contribution in [1.82, 2.24) is 10.9 Å². The highest BCUT2D eigenvalue weighted by Crippen LogP contribution is 2.13. The molecule has 0 fully saturated rings. The average molecular weight is 404 g/mol. The molecule has 1 heterocycles. The fourth-order valence-electron chi connectivity index (χ4n) is 2.04. The van der Waals surface area contributed by atoms with Crippen LogP contribution in [0, 0.1) is 0 Å². The van der Waals surface area contributed by atoms with E-state index in [1.165, 1.54) is 18.3 Å². The molecule has 0 unspecified atom stereocenters. The van der Waals surface area contributed by atoms with Crippen LogP contribution in [0.4, 0.5) is 0 Å². The molecule has 0 spiro atoms. The van der Waals surface area contributed by atoms with E-state index in [0.717, 1.165) is 0 Å². The number of hydrogen-bond donors (Lipinski definition) is 2. The molecule has 0 aliphatic heterocycles. The van der Waals surface area contributed by atoms with Gasteiger partial charge in [-0.1, -0.05) is 6.07 Å². The Morgan fingerprint density at radius 2 is 1.79 bits per heavy atom. The first-order chi connectivity index (χ1) is 13.5. The van der Waals surface area contributed by atoms with E-state index in [0.29, 0.717) is 22.6 Å². The van der Waals surface area contributed by atoms with Crippen molar-refractivity contribution in [3.8, 4) is 5.75 Å². The Hall–Kier alpha value is -3.20. The number of ether oxygens (including phenoxy) is 2. The molecule has 0 aliphatic carbocycles. The van der Waals surface area contributed by atoms with Gasteiger partial charge in [-0.2, -0.15) is 0 Å². The van der Waals surface area contributed by atoms with E-state index in [1.54, 1.807) is 41.8 Å². The maximum absolute atomic E-state index is 11.6. The second-order valence-electron chi connectivity index (χ2n) is 5.67. The van der Waals surface area contributed by atoms with Crippen LogP contribution in [-0.2, 0) is 14.3 Å². The highest BCUT2D eigenvalue weighted by molar-refractivity contribution is 7.12. The molecule has 9 heteroatoms. The number of carbonyl (C=O) groups excluding carboxylic acids is 4. The van der Waals surface area contributed by atoms with Gasteiger partial charge in [0.2, 0.25) is 0 Å². The molecule has 0 aliphatic rings. The van der Waals surface area contributed by atoms with Crippen LogP contribution in [0.25, 0.3) is 0 Å². The van der Waals surface area contributed by atoms with Crippen LogP contribution in [0.3, 0.4) is 0 Å². The number of benzene rings is 1.